The predicted octanol–water partition coefficient (Wildman–Crippen LogP) is 5.13. The zero-order chi connectivity index (χ0) is 19.8. The summed E-state index contributed by atoms with van der Waals surface area (Å²) in [5, 5.41) is 23.6. The molecule has 0 aliphatic rings. The fraction of sp³-hybridized carbons (Fsp3) is 0.333. The first-order valence-electron chi connectivity index (χ1n) is 8.24. The maximum Gasteiger partial charge on any atom is 0.240 e. The minimum Gasteiger partial charge on any atom is -0.381 e. The highest BCUT2D eigenvalue weighted by Gasteiger charge is 2.24. The van der Waals surface area contributed by atoms with Gasteiger partial charge in [-0.1, -0.05) is 47.5 Å². The van der Waals surface area contributed by atoms with Crippen LogP contribution >= 0.6 is 23.2 Å². The van der Waals surface area contributed by atoms with Crippen molar-refractivity contribution in [3.63, 3.8) is 0 Å². The second-order valence-electron chi connectivity index (χ2n) is 5.90. The van der Waals surface area contributed by atoms with Gasteiger partial charge in [-0.15, -0.1) is 0 Å². The van der Waals surface area contributed by atoms with Crippen molar-refractivity contribution in [1.82, 2.24) is 0 Å². The van der Waals surface area contributed by atoms with Gasteiger partial charge in [0.1, 0.15) is 0 Å². The summed E-state index contributed by atoms with van der Waals surface area (Å²) in [5.41, 5.74) is 1.08. The van der Waals surface area contributed by atoms with Crippen molar-refractivity contribution in [3.05, 3.63) is 89.9 Å². The normalized spacial score (nSPS) is 13.1. The highest BCUT2D eigenvalue weighted by atomic mass is 35.5. The summed E-state index contributed by atoms with van der Waals surface area (Å²) in [4.78, 5) is 21.8. The van der Waals surface area contributed by atoms with Gasteiger partial charge in [-0.3, -0.25) is 20.2 Å². The molecule has 2 aromatic rings. The minimum absolute atomic E-state index is 0.124. The van der Waals surface area contributed by atoms with Crippen molar-refractivity contribution in [2.24, 2.45) is 0 Å². The molecule has 0 bridgehead atoms. The van der Waals surface area contributed by atoms with Crippen LogP contribution in [-0.2, 0) is 4.74 Å². The zero-order valence-electron chi connectivity index (χ0n) is 14.3. The number of nitro groups is 2. The number of hydrogen-bond acceptors (Lipinski definition) is 5. The Morgan fingerprint density at radius 3 is 1.37 bits per heavy atom. The molecular formula is C18H18Cl2N2O5. The van der Waals surface area contributed by atoms with E-state index in [1.54, 1.807) is 48.5 Å². The third-order valence-electron chi connectivity index (χ3n) is 4.09. The summed E-state index contributed by atoms with van der Waals surface area (Å²) in [6, 6.07) is 11.0. The Morgan fingerprint density at radius 2 is 1.07 bits per heavy atom. The molecule has 0 saturated carbocycles. The van der Waals surface area contributed by atoms with Crippen molar-refractivity contribution >= 4 is 23.2 Å². The van der Waals surface area contributed by atoms with Gasteiger partial charge in [0.2, 0.25) is 12.1 Å². The second kappa shape index (κ2) is 10.2. The first kappa shape index (κ1) is 21.1. The lowest BCUT2D eigenvalue weighted by Crippen LogP contribution is -2.16. The maximum atomic E-state index is 11.3. The van der Waals surface area contributed by atoms with E-state index in [4.69, 9.17) is 27.9 Å². The number of halogens is 2. The molecule has 0 fully saturated rings. The van der Waals surface area contributed by atoms with Crippen LogP contribution in [-0.4, -0.2) is 23.1 Å². The lowest BCUT2D eigenvalue weighted by atomic mass is 10.0. The van der Waals surface area contributed by atoms with Gasteiger partial charge in [0, 0.05) is 43.9 Å². The van der Waals surface area contributed by atoms with Gasteiger partial charge in [-0.05, 0) is 24.3 Å². The van der Waals surface area contributed by atoms with E-state index < -0.39 is 12.1 Å². The molecule has 2 unspecified atom stereocenters. The Bertz CT molecular complexity index is 703. The Morgan fingerprint density at radius 1 is 0.741 bits per heavy atom. The molecule has 0 saturated heterocycles. The first-order valence-corrected chi connectivity index (χ1v) is 8.99. The molecule has 2 rings (SSSR count). The fourth-order valence-corrected chi connectivity index (χ4v) is 2.90. The van der Waals surface area contributed by atoms with Crippen LogP contribution in [0.2, 0.25) is 10.0 Å². The average Bonchev–Trinajstić information content (AvgIpc) is 2.63. The van der Waals surface area contributed by atoms with Crippen LogP contribution in [0.3, 0.4) is 0 Å². The summed E-state index contributed by atoms with van der Waals surface area (Å²) >= 11 is 11.6. The first-order chi connectivity index (χ1) is 12.9. The Kier molecular flexibility index (Phi) is 7.97. The molecule has 0 heterocycles. The lowest BCUT2D eigenvalue weighted by molar-refractivity contribution is -0.532. The molecule has 0 amide bonds. The molecule has 27 heavy (non-hydrogen) atoms. The third-order valence-corrected chi connectivity index (χ3v) is 4.59. The third kappa shape index (κ3) is 6.46. The maximum absolute atomic E-state index is 11.3. The van der Waals surface area contributed by atoms with Crippen molar-refractivity contribution in [3.8, 4) is 0 Å². The van der Waals surface area contributed by atoms with E-state index >= 15 is 0 Å². The summed E-state index contributed by atoms with van der Waals surface area (Å²) in [6.45, 7) is 0.249. The van der Waals surface area contributed by atoms with Crippen molar-refractivity contribution in [2.45, 2.75) is 24.9 Å². The van der Waals surface area contributed by atoms with Gasteiger partial charge < -0.3 is 4.74 Å². The second-order valence-corrected chi connectivity index (χ2v) is 6.77. The molecule has 0 radical (unpaired) electrons. The topological polar surface area (TPSA) is 95.5 Å². The quantitative estimate of drug-likeness (QED) is 0.306. The van der Waals surface area contributed by atoms with Crippen molar-refractivity contribution in [2.75, 3.05) is 13.2 Å². The van der Waals surface area contributed by atoms with Gasteiger partial charge in [-0.25, -0.2) is 0 Å². The van der Waals surface area contributed by atoms with Crippen molar-refractivity contribution in [1.29, 1.82) is 0 Å². The lowest BCUT2D eigenvalue weighted by Gasteiger charge is -2.12. The molecule has 2 aromatic carbocycles. The number of rotatable bonds is 10. The zero-order valence-corrected chi connectivity index (χ0v) is 15.8. The average molecular weight is 413 g/mol. The highest BCUT2D eigenvalue weighted by molar-refractivity contribution is 6.30. The van der Waals surface area contributed by atoms with Gasteiger partial charge in [0.25, 0.3) is 0 Å². The van der Waals surface area contributed by atoms with E-state index in [9.17, 15) is 20.2 Å². The van der Waals surface area contributed by atoms with Crippen LogP contribution in [0.4, 0.5) is 0 Å². The molecule has 2 atom stereocenters. The van der Waals surface area contributed by atoms with E-state index in [1.165, 1.54) is 0 Å². The van der Waals surface area contributed by atoms with E-state index in [-0.39, 0.29) is 35.9 Å². The monoisotopic (exact) mass is 412 g/mol. The van der Waals surface area contributed by atoms with E-state index in [2.05, 4.69) is 0 Å². The number of benzene rings is 2. The number of ether oxygens (including phenoxy) is 1. The molecule has 0 aliphatic heterocycles. The standard InChI is InChI=1S/C18H18Cl2N2O5/c19-15-5-1-13(2-6-15)17(21(23)24)9-11-27-12-10-18(22(25)26)14-3-7-16(20)8-4-14/h1-8,17-18H,9-12H2. The SMILES string of the molecule is O=[N+]([O-])C(CCOCCC(c1ccc(Cl)cc1)[N+](=O)[O-])c1ccc(Cl)cc1. The predicted molar refractivity (Wildman–Crippen MR) is 102 cm³/mol. The van der Waals surface area contributed by atoms with Crippen LogP contribution in [0.5, 0.6) is 0 Å². The highest BCUT2D eigenvalue weighted by Crippen LogP contribution is 2.24. The largest absolute Gasteiger partial charge is 0.381 e. The number of nitrogens with zero attached hydrogens (tertiary/aromatic N) is 2. The van der Waals surface area contributed by atoms with Gasteiger partial charge in [-0.2, -0.15) is 0 Å². The Balaban J connectivity index is 1.85. The molecule has 0 spiro atoms. The van der Waals surface area contributed by atoms with Crippen LogP contribution in [0.1, 0.15) is 36.1 Å². The fourth-order valence-electron chi connectivity index (χ4n) is 2.65. The Hall–Kier alpha value is -2.22. The minimum atomic E-state index is -0.912. The smallest absolute Gasteiger partial charge is 0.240 e. The molecule has 144 valence electrons. The van der Waals surface area contributed by atoms with Crippen LogP contribution in [0.25, 0.3) is 0 Å². The van der Waals surface area contributed by atoms with E-state index in [1.807, 2.05) is 0 Å². The molecule has 0 aliphatic carbocycles. The van der Waals surface area contributed by atoms with Crippen LogP contribution < -0.4 is 0 Å². The van der Waals surface area contributed by atoms with Crippen LogP contribution in [0.15, 0.2) is 48.5 Å². The van der Waals surface area contributed by atoms with Crippen molar-refractivity contribution < 1.29 is 14.6 Å². The molecule has 0 aromatic heterocycles. The van der Waals surface area contributed by atoms with E-state index in [0.29, 0.717) is 21.2 Å². The summed E-state index contributed by atoms with van der Waals surface area (Å²) in [7, 11) is 0. The van der Waals surface area contributed by atoms with Gasteiger partial charge in [0.15, 0.2) is 0 Å². The molecule has 7 nitrogen and oxygen atoms in total. The van der Waals surface area contributed by atoms with E-state index in [0.717, 1.165) is 0 Å². The number of hydrogen-bond donors (Lipinski definition) is 0. The molecule has 9 heteroatoms. The van der Waals surface area contributed by atoms with Crippen LogP contribution in [0, 0.1) is 20.2 Å². The van der Waals surface area contributed by atoms with Gasteiger partial charge in [0.05, 0.1) is 13.2 Å². The molecule has 0 N–H and O–H groups in total. The summed E-state index contributed by atoms with van der Waals surface area (Å²) in [6.07, 6.45) is 0.331. The summed E-state index contributed by atoms with van der Waals surface area (Å²) < 4.78 is 5.42. The summed E-state index contributed by atoms with van der Waals surface area (Å²) in [5.74, 6) is 0. The van der Waals surface area contributed by atoms with Gasteiger partial charge >= 0.3 is 0 Å². The molecular weight excluding hydrogens is 395 g/mol. The Labute approximate surface area is 166 Å².